The fourth-order valence-corrected chi connectivity index (χ4v) is 3.87. The van der Waals surface area contributed by atoms with Gasteiger partial charge in [-0.3, -0.25) is 9.59 Å². The number of nitrogens with zero attached hydrogens (tertiary/aromatic N) is 2. The number of carbonyl (C=O) groups is 2. The minimum atomic E-state index is -0.531. The van der Waals surface area contributed by atoms with Crippen molar-refractivity contribution in [3.8, 4) is 5.69 Å². The Labute approximate surface area is 173 Å². The average Bonchev–Trinajstić information content (AvgIpc) is 3.39. The third kappa shape index (κ3) is 3.47. The summed E-state index contributed by atoms with van der Waals surface area (Å²) < 4.78 is 15.9. The molecule has 7 heteroatoms. The van der Waals surface area contributed by atoms with Crippen LogP contribution in [0.5, 0.6) is 0 Å². The van der Waals surface area contributed by atoms with Gasteiger partial charge in [-0.2, -0.15) is 5.10 Å². The Hall–Kier alpha value is -3.48. The second kappa shape index (κ2) is 7.40. The number of halogens is 1. The highest BCUT2D eigenvalue weighted by molar-refractivity contribution is 6.04. The summed E-state index contributed by atoms with van der Waals surface area (Å²) in [5, 5.41) is 9.99. The lowest BCUT2D eigenvalue weighted by Gasteiger charge is -2.09. The second-order valence-corrected chi connectivity index (χ2v) is 7.79. The molecule has 6 nitrogen and oxygen atoms in total. The maximum absolute atomic E-state index is 14.1. The highest BCUT2D eigenvalue weighted by atomic mass is 19.1. The van der Waals surface area contributed by atoms with Crippen LogP contribution < -0.4 is 10.6 Å². The molecule has 2 amide bonds. The fourth-order valence-electron chi connectivity index (χ4n) is 3.87. The predicted molar refractivity (Wildman–Crippen MR) is 111 cm³/mol. The van der Waals surface area contributed by atoms with Gasteiger partial charge in [0.1, 0.15) is 5.82 Å². The number of carbonyl (C=O) groups excluding carboxylic acids is 2. The number of benzene rings is 2. The Morgan fingerprint density at radius 1 is 1.03 bits per heavy atom. The number of anilines is 2. The fraction of sp³-hybridized carbons (Fsp3) is 0.261. The second-order valence-electron chi connectivity index (χ2n) is 7.79. The first kappa shape index (κ1) is 18.5. The molecule has 1 heterocycles. The molecule has 1 saturated carbocycles. The summed E-state index contributed by atoms with van der Waals surface area (Å²) in [6, 6.07) is 13.9. The predicted octanol–water partition coefficient (Wildman–Crippen LogP) is 4.10. The number of fused-ring (bicyclic) bond motifs is 1. The minimum absolute atomic E-state index is 0.0350. The lowest BCUT2D eigenvalue weighted by molar-refractivity contribution is -0.117. The zero-order chi connectivity index (χ0) is 20.7. The Balaban J connectivity index is 1.40. The molecule has 0 radical (unpaired) electrons. The number of hydrogen-bond acceptors (Lipinski definition) is 3. The molecule has 1 aromatic heterocycles. The molecule has 2 aromatic carbocycles. The monoisotopic (exact) mass is 404 g/mol. The molecule has 152 valence electrons. The van der Waals surface area contributed by atoms with Gasteiger partial charge in [-0.1, -0.05) is 18.2 Å². The molecule has 2 aliphatic rings. The van der Waals surface area contributed by atoms with Gasteiger partial charge in [0.2, 0.25) is 5.91 Å². The van der Waals surface area contributed by atoms with Crippen molar-refractivity contribution in [1.29, 1.82) is 0 Å². The zero-order valence-electron chi connectivity index (χ0n) is 16.3. The van der Waals surface area contributed by atoms with Crippen molar-refractivity contribution >= 4 is 23.2 Å². The van der Waals surface area contributed by atoms with Gasteiger partial charge < -0.3 is 10.6 Å². The van der Waals surface area contributed by atoms with Gasteiger partial charge in [-0.15, -0.1) is 0 Å². The number of hydrogen-bond donors (Lipinski definition) is 2. The molecule has 0 saturated heterocycles. The van der Waals surface area contributed by atoms with E-state index in [0.29, 0.717) is 11.4 Å². The van der Waals surface area contributed by atoms with Crippen molar-refractivity contribution < 1.29 is 14.0 Å². The van der Waals surface area contributed by atoms with E-state index in [4.69, 9.17) is 0 Å². The van der Waals surface area contributed by atoms with Crippen LogP contribution in [0.2, 0.25) is 0 Å². The van der Waals surface area contributed by atoms with Crippen molar-refractivity contribution in [3.63, 3.8) is 0 Å². The van der Waals surface area contributed by atoms with Crippen LogP contribution in [-0.4, -0.2) is 21.6 Å². The molecule has 30 heavy (non-hydrogen) atoms. The number of amides is 2. The Bertz CT molecular complexity index is 1140. The molecule has 5 rings (SSSR count). The number of para-hydroxylation sites is 1. The lowest BCUT2D eigenvalue weighted by atomic mass is 10.2. The number of aromatic nitrogens is 2. The van der Waals surface area contributed by atoms with Crippen LogP contribution in [0.3, 0.4) is 0 Å². The summed E-state index contributed by atoms with van der Waals surface area (Å²) in [5.41, 5.74) is 3.81. The van der Waals surface area contributed by atoms with Gasteiger partial charge >= 0.3 is 0 Å². The van der Waals surface area contributed by atoms with E-state index in [0.717, 1.165) is 49.0 Å². The topological polar surface area (TPSA) is 76.0 Å². The quantitative estimate of drug-likeness (QED) is 0.672. The van der Waals surface area contributed by atoms with Gasteiger partial charge in [0, 0.05) is 22.9 Å². The molecule has 2 aliphatic carbocycles. The van der Waals surface area contributed by atoms with E-state index in [2.05, 4.69) is 15.7 Å². The van der Waals surface area contributed by atoms with Gasteiger partial charge in [0.05, 0.1) is 11.4 Å². The summed E-state index contributed by atoms with van der Waals surface area (Å²) in [6.07, 6.45) is 4.32. The van der Waals surface area contributed by atoms with Crippen LogP contribution in [0.15, 0.2) is 48.5 Å². The third-order valence-corrected chi connectivity index (χ3v) is 5.58. The van der Waals surface area contributed by atoms with E-state index >= 15 is 0 Å². The highest BCUT2D eigenvalue weighted by Crippen LogP contribution is 2.32. The largest absolute Gasteiger partial charge is 0.323 e. The minimum Gasteiger partial charge on any atom is -0.323 e. The highest BCUT2D eigenvalue weighted by Gasteiger charge is 2.30. The molecule has 0 atom stereocenters. The molecule has 3 aromatic rings. The standard InChI is InChI=1S/C23H21FN4O2/c24-18-12-11-15(13-19(18)26-22(29)14-9-10-14)25-23(30)21-17-7-4-8-20(17)28(27-21)16-5-2-1-3-6-16/h1-3,5-6,11-14H,4,7-10H2,(H,25,30)(H,26,29). The maximum Gasteiger partial charge on any atom is 0.276 e. The average molecular weight is 404 g/mol. The van der Waals surface area contributed by atoms with Gasteiger partial charge in [-0.25, -0.2) is 9.07 Å². The molecule has 0 bridgehead atoms. The summed E-state index contributed by atoms with van der Waals surface area (Å²) in [4.78, 5) is 25.0. The first-order valence-corrected chi connectivity index (χ1v) is 10.2. The van der Waals surface area contributed by atoms with E-state index in [9.17, 15) is 14.0 Å². The summed E-state index contributed by atoms with van der Waals surface area (Å²) in [6.45, 7) is 0. The normalized spacial score (nSPS) is 15.0. The van der Waals surface area contributed by atoms with Crippen molar-refractivity contribution in [2.24, 2.45) is 5.92 Å². The molecule has 1 fully saturated rings. The summed E-state index contributed by atoms with van der Waals surface area (Å²) in [7, 11) is 0. The van der Waals surface area contributed by atoms with Crippen molar-refractivity contribution in [2.75, 3.05) is 10.6 Å². The van der Waals surface area contributed by atoms with Crippen LogP contribution in [0, 0.1) is 11.7 Å². The first-order chi connectivity index (χ1) is 14.6. The van der Waals surface area contributed by atoms with Crippen molar-refractivity contribution in [1.82, 2.24) is 9.78 Å². The Morgan fingerprint density at radius 3 is 2.60 bits per heavy atom. The van der Waals surface area contributed by atoms with E-state index < -0.39 is 5.82 Å². The SMILES string of the molecule is O=C(Nc1ccc(F)c(NC(=O)C2CC2)c1)c1nn(-c2ccccc2)c2c1CCC2. The lowest BCUT2D eigenvalue weighted by Crippen LogP contribution is -2.17. The first-order valence-electron chi connectivity index (χ1n) is 10.2. The van der Waals surface area contributed by atoms with E-state index in [1.807, 2.05) is 35.0 Å². The van der Waals surface area contributed by atoms with Gasteiger partial charge in [-0.05, 0) is 62.4 Å². The third-order valence-electron chi connectivity index (χ3n) is 5.58. The molecule has 0 spiro atoms. The Morgan fingerprint density at radius 2 is 1.83 bits per heavy atom. The number of nitrogens with one attached hydrogen (secondary N) is 2. The van der Waals surface area contributed by atoms with Crippen molar-refractivity contribution in [3.05, 3.63) is 71.3 Å². The van der Waals surface area contributed by atoms with Gasteiger partial charge in [0.15, 0.2) is 5.69 Å². The van der Waals surface area contributed by atoms with E-state index in [1.54, 1.807) is 0 Å². The molecular weight excluding hydrogens is 383 g/mol. The maximum atomic E-state index is 14.1. The molecule has 2 N–H and O–H groups in total. The van der Waals surface area contributed by atoms with Gasteiger partial charge in [0.25, 0.3) is 5.91 Å². The number of rotatable bonds is 5. The van der Waals surface area contributed by atoms with Crippen molar-refractivity contribution in [2.45, 2.75) is 32.1 Å². The van der Waals surface area contributed by atoms with Crippen LogP contribution in [-0.2, 0) is 17.6 Å². The molecule has 0 unspecified atom stereocenters. The zero-order valence-corrected chi connectivity index (χ0v) is 16.3. The van der Waals surface area contributed by atoms with E-state index in [1.165, 1.54) is 18.2 Å². The van der Waals surface area contributed by atoms with Crippen LogP contribution in [0.1, 0.15) is 41.0 Å². The van der Waals surface area contributed by atoms with Crippen LogP contribution in [0.25, 0.3) is 5.69 Å². The molecular formula is C23H21FN4O2. The summed E-state index contributed by atoms with van der Waals surface area (Å²) >= 11 is 0. The Kier molecular flexibility index (Phi) is 4.58. The smallest absolute Gasteiger partial charge is 0.276 e. The van der Waals surface area contributed by atoms with Crippen LogP contribution >= 0.6 is 0 Å². The summed E-state index contributed by atoms with van der Waals surface area (Å²) in [5.74, 6) is -1.09. The van der Waals surface area contributed by atoms with Crippen LogP contribution in [0.4, 0.5) is 15.8 Å². The van der Waals surface area contributed by atoms with E-state index in [-0.39, 0.29) is 23.4 Å². The molecule has 0 aliphatic heterocycles.